The van der Waals surface area contributed by atoms with Crippen LogP contribution in [0, 0.1) is 5.92 Å². The van der Waals surface area contributed by atoms with Gasteiger partial charge in [0.1, 0.15) is 48.8 Å². The Bertz CT molecular complexity index is 630. The molecule has 13 heteroatoms. The van der Waals surface area contributed by atoms with E-state index in [4.69, 9.17) is 24.5 Å². The number of azide groups is 1. The van der Waals surface area contributed by atoms with Crippen LogP contribution < -0.4 is 0 Å². The highest BCUT2D eigenvalue weighted by atomic mass is 16.7. The standard InChI is InChI=1S/C18H33N3O10/c1-7(2)18(3,4)31-16-10(20-21-19)15(12(25)9(6-23)28-16)30-17-14(27)13(26)11(24)8(5-22)29-17/h7-17,22-27H,5-6H2,1-4H3/t8-,9-,10-,11+,12-,13+,14-,15+,16+,17+/m1/s1. The number of rotatable bonds is 8. The van der Waals surface area contributed by atoms with Crippen molar-refractivity contribution in [2.45, 2.75) is 94.6 Å². The summed E-state index contributed by atoms with van der Waals surface area (Å²) in [5, 5.41) is 63.5. The largest absolute Gasteiger partial charge is 0.394 e. The average Bonchev–Trinajstić information content (AvgIpc) is 2.72. The summed E-state index contributed by atoms with van der Waals surface area (Å²) >= 11 is 0. The van der Waals surface area contributed by atoms with Gasteiger partial charge in [-0.15, -0.1) is 0 Å². The number of aliphatic hydroxyl groups is 6. The van der Waals surface area contributed by atoms with E-state index in [-0.39, 0.29) is 5.92 Å². The first-order chi connectivity index (χ1) is 14.5. The lowest BCUT2D eigenvalue weighted by molar-refractivity contribution is -0.350. The average molecular weight is 451 g/mol. The molecule has 0 aromatic heterocycles. The molecule has 0 saturated carbocycles. The molecule has 0 aromatic rings. The molecule has 0 aromatic carbocycles. The fourth-order valence-electron chi connectivity index (χ4n) is 3.26. The maximum absolute atomic E-state index is 10.7. The van der Waals surface area contributed by atoms with Crippen LogP contribution in [0.2, 0.25) is 0 Å². The summed E-state index contributed by atoms with van der Waals surface area (Å²) in [6.45, 7) is 6.12. The third-order valence-electron chi connectivity index (χ3n) is 5.96. The topological polar surface area (TPSA) is 207 Å². The summed E-state index contributed by atoms with van der Waals surface area (Å²) in [5.41, 5.74) is 8.31. The van der Waals surface area contributed by atoms with Gasteiger partial charge in [-0.1, -0.05) is 19.0 Å². The van der Waals surface area contributed by atoms with Crippen LogP contribution in [0.4, 0.5) is 0 Å². The Kier molecular flexibility index (Phi) is 9.02. The molecule has 0 radical (unpaired) electrons. The molecule has 6 N–H and O–H groups in total. The second-order valence-corrected chi connectivity index (χ2v) is 8.59. The van der Waals surface area contributed by atoms with E-state index in [9.17, 15) is 30.6 Å². The molecule has 0 amide bonds. The molecule has 2 aliphatic rings. The molecule has 2 heterocycles. The number of aliphatic hydroxyl groups excluding tert-OH is 6. The second kappa shape index (κ2) is 10.7. The zero-order chi connectivity index (χ0) is 23.5. The van der Waals surface area contributed by atoms with E-state index in [1.54, 1.807) is 13.8 Å². The molecule has 0 aliphatic carbocycles. The first-order valence-corrected chi connectivity index (χ1v) is 10.1. The van der Waals surface area contributed by atoms with Gasteiger partial charge >= 0.3 is 0 Å². The second-order valence-electron chi connectivity index (χ2n) is 8.59. The number of ether oxygens (including phenoxy) is 4. The van der Waals surface area contributed by atoms with E-state index in [1.165, 1.54) is 0 Å². The van der Waals surface area contributed by atoms with E-state index in [2.05, 4.69) is 10.0 Å². The molecular formula is C18H33N3O10. The van der Waals surface area contributed by atoms with E-state index in [0.29, 0.717) is 0 Å². The number of hydrogen-bond donors (Lipinski definition) is 6. The Balaban J connectivity index is 2.33. The molecule has 31 heavy (non-hydrogen) atoms. The minimum Gasteiger partial charge on any atom is -0.394 e. The summed E-state index contributed by atoms with van der Waals surface area (Å²) < 4.78 is 22.6. The van der Waals surface area contributed by atoms with Crippen molar-refractivity contribution in [1.82, 2.24) is 0 Å². The first kappa shape index (κ1) is 26.2. The van der Waals surface area contributed by atoms with Gasteiger partial charge in [-0.05, 0) is 25.3 Å². The Labute approximate surface area is 179 Å². The van der Waals surface area contributed by atoms with Crippen LogP contribution in [-0.4, -0.2) is 111 Å². The third kappa shape index (κ3) is 5.64. The van der Waals surface area contributed by atoms with Gasteiger partial charge in [0, 0.05) is 4.91 Å². The van der Waals surface area contributed by atoms with Crippen molar-refractivity contribution in [2.24, 2.45) is 11.0 Å². The Morgan fingerprint density at radius 1 is 0.935 bits per heavy atom. The fraction of sp³-hybridized carbons (Fsp3) is 1.00. The summed E-state index contributed by atoms with van der Waals surface area (Å²) in [4.78, 5) is 2.77. The van der Waals surface area contributed by atoms with Gasteiger partial charge in [-0.2, -0.15) is 0 Å². The van der Waals surface area contributed by atoms with Gasteiger partial charge in [0.25, 0.3) is 0 Å². The predicted molar refractivity (Wildman–Crippen MR) is 103 cm³/mol. The van der Waals surface area contributed by atoms with Crippen LogP contribution in [0.25, 0.3) is 10.4 Å². The lowest BCUT2D eigenvalue weighted by Crippen LogP contribution is -2.65. The molecule has 2 fully saturated rings. The molecule has 0 spiro atoms. The van der Waals surface area contributed by atoms with Gasteiger partial charge in [-0.25, -0.2) is 0 Å². The van der Waals surface area contributed by atoms with Crippen molar-refractivity contribution in [3.8, 4) is 0 Å². The van der Waals surface area contributed by atoms with Gasteiger partial charge in [0.05, 0.1) is 18.8 Å². The van der Waals surface area contributed by atoms with Crippen molar-refractivity contribution >= 4 is 0 Å². The number of nitrogens with zero attached hydrogens (tertiary/aromatic N) is 3. The van der Waals surface area contributed by atoms with Crippen molar-refractivity contribution in [3.63, 3.8) is 0 Å². The van der Waals surface area contributed by atoms with Crippen molar-refractivity contribution in [3.05, 3.63) is 10.4 Å². The summed E-state index contributed by atoms with van der Waals surface area (Å²) in [5.74, 6) is 0.0204. The quantitative estimate of drug-likeness (QED) is 0.141. The van der Waals surface area contributed by atoms with Crippen LogP contribution in [-0.2, 0) is 18.9 Å². The third-order valence-corrected chi connectivity index (χ3v) is 5.96. The van der Waals surface area contributed by atoms with Crippen LogP contribution in [0.3, 0.4) is 0 Å². The lowest BCUT2D eigenvalue weighted by Gasteiger charge is -2.47. The molecule has 0 unspecified atom stereocenters. The van der Waals surface area contributed by atoms with Crippen LogP contribution in [0.1, 0.15) is 27.7 Å². The van der Waals surface area contributed by atoms with E-state index in [0.717, 1.165) is 0 Å². The summed E-state index contributed by atoms with van der Waals surface area (Å²) in [6, 6.07) is -1.26. The SMILES string of the molecule is CC(C)C(C)(C)O[C@@H]1O[C@H](CO)[C@@H](O)[C@@H](O[C@@H]2O[C@H](CO)[C@H](O)[C@H](O)[C@H]2O)[C@H]1N=[N+]=[N-]. The molecule has 180 valence electrons. The normalized spacial score (nSPS) is 41.8. The molecular weight excluding hydrogens is 418 g/mol. The maximum Gasteiger partial charge on any atom is 0.187 e. The van der Waals surface area contributed by atoms with Crippen LogP contribution in [0.5, 0.6) is 0 Å². The molecule has 2 saturated heterocycles. The van der Waals surface area contributed by atoms with Crippen LogP contribution in [0.15, 0.2) is 5.11 Å². The highest BCUT2D eigenvalue weighted by molar-refractivity contribution is 4.98. The minimum absolute atomic E-state index is 0.0204. The van der Waals surface area contributed by atoms with E-state index in [1.807, 2.05) is 13.8 Å². The van der Waals surface area contributed by atoms with Crippen molar-refractivity contribution in [2.75, 3.05) is 13.2 Å². The monoisotopic (exact) mass is 451 g/mol. The summed E-state index contributed by atoms with van der Waals surface area (Å²) in [7, 11) is 0. The molecule has 0 bridgehead atoms. The summed E-state index contributed by atoms with van der Waals surface area (Å²) in [6.07, 6.45) is -13.2. The smallest absolute Gasteiger partial charge is 0.187 e. The fourth-order valence-corrected chi connectivity index (χ4v) is 3.26. The molecule has 13 nitrogen and oxygen atoms in total. The minimum atomic E-state index is -1.74. The van der Waals surface area contributed by atoms with Crippen molar-refractivity contribution in [1.29, 1.82) is 0 Å². The highest BCUT2D eigenvalue weighted by Crippen LogP contribution is 2.34. The Morgan fingerprint density at radius 2 is 1.48 bits per heavy atom. The van der Waals surface area contributed by atoms with Gasteiger partial charge in [0.15, 0.2) is 12.6 Å². The van der Waals surface area contributed by atoms with E-state index < -0.39 is 80.2 Å². The predicted octanol–water partition coefficient (Wildman–Crippen LogP) is -1.62. The highest BCUT2D eigenvalue weighted by Gasteiger charge is 2.52. The molecule has 10 atom stereocenters. The molecule has 2 aliphatic heterocycles. The van der Waals surface area contributed by atoms with Gasteiger partial charge in [0.2, 0.25) is 0 Å². The van der Waals surface area contributed by atoms with Gasteiger partial charge in [-0.3, -0.25) is 0 Å². The van der Waals surface area contributed by atoms with Crippen LogP contribution >= 0.6 is 0 Å². The Hall–Kier alpha value is -1.09. The maximum atomic E-state index is 10.7. The zero-order valence-corrected chi connectivity index (χ0v) is 17.9. The van der Waals surface area contributed by atoms with Gasteiger partial charge < -0.3 is 49.6 Å². The lowest BCUT2D eigenvalue weighted by atomic mass is 9.93. The Morgan fingerprint density at radius 3 is 2.00 bits per heavy atom. The van der Waals surface area contributed by atoms with Crippen molar-refractivity contribution < 1.29 is 49.6 Å². The zero-order valence-electron chi connectivity index (χ0n) is 17.9. The van der Waals surface area contributed by atoms with E-state index >= 15 is 0 Å². The first-order valence-electron chi connectivity index (χ1n) is 10.1. The number of hydrogen-bond acceptors (Lipinski definition) is 11. The molecule has 2 rings (SSSR count).